The second kappa shape index (κ2) is 6.38. The molecule has 0 saturated heterocycles. The van der Waals surface area contributed by atoms with Gasteiger partial charge in [0.15, 0.2) is 0 Å². The van der Waals surface area contributed by atoms with E-state index in [0.29, 0.717) is 0 Å². The zero-order valence-corrected chi connectivity index (χ0v) is 11.5. The molecule has 1 aromatic carbocycles. The third-order valence-corrected chi connectivity index (χ3v) is 3.18. The van der Waals surface area contributed by atoms with Crippen LogP contribution in [0.5, 0.6) is 5.75 Å². The van der Waals surface area contributed by atoms with Gasteiger partial charge in [-0.15, -0.1) is 0 Å². The summed E-state index contributed by atoms with van der Waals surface area (Å²) in [4.78, 5) is 4.38. The number of benzene rings is 1. The molecule has 2 aromatic rings. The van der Waals surface area contributed by atoms with Crippen molar-refractivity contribution in [2.45, 2.75) is 32.4 Å². The maximum absolute atomic E-state index is 6.29. The maximum atomic E-state index is 6.29. The number of para-hydroxylation sites is 1. The van der Waals surface area contributed by atoms with Crippen LogP contribution >= 0.6 is 0 Å². The summed E-state index contributed by atoms with van der Waals surface area (Å²) in [6.45, 7) is 3.10. The van der Waals surface area contributed by atoms with Gasteiger partial charge in [0.25, 0.3) is 0 Å². The third-order valence-electron chi connectivity index (χ3n) is 3.18. The molecule has 0 aliphatic rings. The molecule has 0 amide bonds. The Bertz CT molecular complexity index is 522. The van der Waals surface area contributed by atoms with Crippen LogP contribution < -0.4 is 10.5 Å². The topological polar surface area (TPSA) is 53.1 Å². The predicted molar refractivity (Wildman–Crippen MR) is 76.1 cm³/mol. The van der Waals surface area contributed by atoms with Crippen molar-refractivity contribution in [3.8, 4) is 5.75 Å². The smallest absolute Gasteiger partial charge is 0.125 e. The fourth-order valence-corrected chi connectivity index (χ4v) is 2.28. The molecule has 2 N–H and O–H groups in total. The summed E-state index contributed by atoms with van der Waals surface area (Å²) >= 11 is 0. The van der Waals surface area contributed by atoms with E-state index in [0.717, 1.165) is 36.5 Å². The molecule has 0 fully saturated rings. The van der Waals surface area contributed by atoms with Crippen molar-refractivity contribution >= 4 is 0 Å². The number of nitrogens with two attached hydrogens (primary N) is 1. The SMILES string of the molecule is CCCn1ccnc1C(N)Cc1ccccc1OC. The van der Waals surface area contributed by atoms with Gasteiger partial charge in [0.2, 0.25) is 0 Å². The first-order valence-corrected chi connectivity index (χ1v) is 6.64. The lowest BCUT2D eigenvalue weighted by Gasteiger charge is -2.15. The normalized spacial score (nSPS) is 12.4. The molecule has 4 heteroatoms. The highest BCUT2D eigenvalue weighted by molar-refractivity contribution is 5.34. The van der Waals surface area contributed by atoms with Crippen molar-refractivity contribution in [1.29, 1.82) is 0 Å². The van der Waals surface area contributed by atoms with Gasteiger partial charge in [-0.25, -0.2) is 4.98 Å². The summed E-state index contributed by atoms with van der Waals surface area (Å²) < 4.78 is 7.48. The number of aryl methyl sites for hydroxylation is 1. The Kier molecular flexibility index (Phi) is 4.58. The maximum Gasteiger partial charge on any atom is 0.125 e. The molecule has 1 unspecified atom stereocenters. The second-order valence-corrected chi connectivity index (χ2v) is 4.60. The van der Waals surface area contributed by atoms with Crippen LogP contribution in [0.1, 0.15) is 30.8 Å². The first kappa shape index (κ1) is 13.6. The van der Waals surface area contributed by atoms with Crippen molar-refractivity contribution in [2.24, 2.45) is 5.73 Å². The average molecular weight is 259 g/mol. The van der Waals surface area contributed by atoms with Gasteiger partial charge in [0.1, 0.15) is 11.6 Å². The second-order valence-electron chi connectivity index (χ2n) is 4.60. The molecule has 0 radical (unpaired) electrons. The molecule has 2 rings (SSSR count). The molecular weight excluding hydrogens is 238 g/mol. The Hall–Kier alpha value is -1.81. The Morgan fingerprint density at radius 3 is 2.89 bits per heavy atom. The van der Waals surface area contributed by atoms with Gasteiger partial charge in [0, 0.05) is 18.9 Å². The fourth-order valence-electron chi connectivity index (χ4n) is 2.28. The van der Waals surface area contributed by atoms with E-state index in [4.69, 9.17) is 10.5 Å². The summed E-state index contributed by atoms with van der Waals surface area (Å²) in [7, 11) is 1.68. The van der Waals surface area contributed by atoms with E-state index in [2.05, 4.69) is 16.5 Å². The fraction of sp³-hybridized carbons (Fsp3) is 0.400. The molecule has 4 nitrogen and oxygen atoms in total. The van der Waals surface area contributed by atoms with Crippen LogP contribution in [-0.2, 0) is 13.0 Å². The Balaban J connectivity index is 2.16. The van der Waals surface area contributed by atoms with Gasteiger partial charge >= 0.3 is 0 Å². The van der Waals surface area contributed by atoms with Gasteiger partial charge in [-0.1, -0.05) is 25.1 Å². The van der Waals surface area contributed by atoms with Crippen molar-refractivity contribution < 1.29 is 4.74 Å². The predicted octanol–water partition coefficient (Wildman–Crippen LogP) is 2.54. The lowest BCUT2D eigenvalue weighted by atomic mass is 10.0. The molecule has 0 saturated carbocycles. The average Bonchev–Trinajstić information content (AvgIpc) is 2.88. The van der Waals surface area contributed by atoms with Crippen LogP contribution in [0.25, 0.3) is 0 Å². The minimum atomic E-state index is -0.113. The molecule has 0 bridgehead atoms. The zero-order valence-electron chi connectivity index (χ0n) is 11.5. The van der Waals surface area contributed by atoms with Gasteiger partial charge < -0.3 is 15.0 Å². The molecule has 1 aromatic heterocycles. The third kappa shape index (κ3) is 3.15. The number of imidazole rings is 1. The van der Waals surface area contributed by atoms with Crippen molar-refractivity contribution in [3.63, 3.8) is 0 Å². The molecule has 1 heterocycles. The highest BCUT2D eigenvalue weighted by Gasteiger charge is 2.14. The highest BCUT2D eigenvalue weighted by atomic mass is 16.5. The molecule has 1 atom stereocenters. The number of nitrogens with zero attached hydrogens (tertiary/aromatic N) is 2. The van der Waals surface area contributed by atoms with E-state index in [1.165, 1.54) is 0 Å². The largest absolute Gasteiger partial charge is 0.496 e. The number of ether oxygens (including phenoxy) is 1. The molecule has 19 heavy (non-hydrogen) atoms. The number of hydrogen-bond donors (Lipinski definition) is 1. The first-order valence-electron chi connectivity index (χ1n) is 6.64. The molecule has 0 aliphatic heterocycles. The van der Waals surface area contributed by atoms with Crippen LogP contribution in [0.3, 0.4) is 0 Å². The van der Waals surface area contributed by atoms with Crippen LogP contribution in [0, 0.1) is 0 Å². The van der Waals surface area contributed by atoms with Gasteiger partial charge in [0.05, 0.1) is 13.2 Å². The van der Waals surface area contributed by atoms with E-state index >= 15 is 0 Å². The molecule has 102 valence electrons. The first-order chi connectivity index (χ1) is 9.26. The standard InChI is InChI=1S/C15H21N3O/c1-3-9-18-10-8-17-15(18)13(16)11-12-6-4-5-7-14(12)19-2/h4-8,10,13H,3,9,11,16H2,1-2H3. The van der Waals surface area contributed by atoms with Gasteiger partial charge in [-0.05, 0) is 24.5 Å². The molecular formula is C15H21N3O. The van der Waals surface area contributed by atoms with E-state index in [1.54, 1.807) is 7.11 Å². The monoisotopic (exact) mass is 259 g/mol. The minimum absolute atomic E-state index is 0.113. The van der Waals surface area contributed by atoms with Crippen LogP contribution in [0.15, 0.2) is 36.7 Å². The van der Waals surface area contributed by atoms with Crippen molar-refractivity contribution in [3.05, 3.63) is 48.0 Å². The lowest BCUT2D eigenvalue weighted by Crippen LogP contribution is -2.19. The van der Waals surface area contributed by atoms with Crippen LogP contribution in [0.4, 0.5) is 0 Å². The Labute approximate surface area is 114 Å². The van der Waals surface area contributed by atoms with E-state index in [-0.39, 0.29) is 6.04 Å². The number of aromatic nitrogens is 2. The summed E-state index contributed by atoms with van der Waals surface area (Å²) in [6.07, 6.45) is 5.60. The van der Waals surface area contributed by atoms with Crippen molar-refractivity contribution in [2.75, 3.05) is 7.11 Å². The molecule has 0 spiro atoms. The highest BCUT2D eigenvalue weighted by Crippen LogP contribution is 2.23. The summed E-state index contributed by atoms with van der Waals surface area (Å²) in [5.74, 6) is 1.82. The lowest BCUT2D eigenvalue weighted by molar-refractivity contribution is 0.407. The van der Waals surface area contributed by atoms with Gasteiger partial charge in [-0.2, -0.15) is 0 Å². The van der Waals surface area contributed by atoms with E-state index in [1.807, 2.05) is 36.7 Å². The van der Waals surface area contributed by atoms with E-state index in [9.17, 15) is 0 Å². The zero-order chi connectivity index (χ0) is 13.7. The molecule has 0 aliphatic carbocycles. The summed E-state index contributed by atoms with van der Waals surface area (Å²) in [6, 6.07) is 7.86. The van der Waals surface area contributed by atoms with Crippen LogP contribution in [0.2, 0.25) is 0 Å². The number of methoxy groups -OCH3 is 1. The summed E-state index contributed by atoms with van der Waals surface area (Å²) in [5.41, 5.74) is 7.40. The number of hydrogen-bond acceptors (Lipinski definition) is 3. The van der Waals surface area contributed by atoms with Crippen LogP contribution in [-0.4, -0.2) is 16.7 Å². The minimum Gasteiger partial charge on any atom is -0.496 e. The number of rotatable bonds is 6. The summed E-state index contributed by atoms with van der Waals surface area (Å²) in [5, 5.41) is 0. The Morgan fingerprint density at radius 1 is 1.37 bits per heavy atom. The van der Waals surface area contributed by atoms with Crippen molar-refractivity contribution in [1.82, 2.24) is 9.55 Å². The Morgan fingerprint density at radius 2 is 2.16 bits per heavy atom. The quantitative estimate of drug-likeness (QED) is 0.867. The van der Waals surface area contributed by atoms with E-state index < -0.39 is 0 Å². The van der Waals surface area contributed by atoms with Gasteiger partial charge in [-0.3, -0.25) is 0 Å².